The van der Waals surface area contributed by atoms with Crippen molar-refractivity contribution in [1.82, 2.24) is 19.6 Å². The van der Waals surface area contributed by atoms with E-state index in [0.29, 0.717) is 54.7 Å². The number of sulfonamides is 1. The van der Waals surface area contributed by atoms with Gasteiger partial charge in [-0.2, -0.15) is 4.98 Å². The highest BCUT2D eigenvalue weighted by Crippen LogP contribution is 2.54. The maximum Gasteiger partial charge on any atom is 0.297 e. The van der Waals surface area contributed by atoms with E-state index in [1.807, 2.05) is 0 Å². The van der Waals surface area contributed by atoms with Crippen molar-refractivity contribution in [3.05, 3.63) is 99.7 Å². The summed E-state index contributed by atoms with van der Waals surface area (Å²) in [6.07, 6.45) is 10.2. The van der Waals surface area contributed by atoms with Gasteiger partial charge in [-0.1, -0.05) is 38.1 Å². The highest BCUT2D eigenvalue weighted by molar-refractivity contribution is 7.90. The molecule has 17 nitrogen and oxygen atoms in total. The van der Waals surface area contributed by atoms with Crippen LogP contribution in [0, 0.1) is 21.4 Å². The summed E-state index contributed by atoms with van der Waals surface area (Å²) < 4.78 is 48.8. The van der Waals surface area contributed by atoms with Crippen LogP contribution in [0.4, 0.5) is 17.1 Å². The maximum atomic E-state index is 14.3. The number of nitro benzene ring substituents is 1. The normalized spacial score (nSPS) is 23.9. The van der Waals surface area contributed by atoms with Crippen LogP contribution in [0.15, 0.2) is 77.8 Å². The van der Waals surface area contributed by atoms with Crippen molar-refractivity contribution < 1.29 is 42.6 Å². The van der Waals surface area contributed by atoms with E-state index in [-0.39, 0.29) is 65.0 Å². The number of aromatic nitrogens is 2. The van der Waals surface area contributed by atoms with Gasteiger partial charge in [0.15, 0.2) is 17.2 Å². The number of H-pyrrole nitrogens is 1. The van der Waals surface area contributed by atoms with Gasteiger partial charge in [-0.05, 0) is 137 Å². The summed E-state index contributed by atoms with van der Waals surface area (Å²) in [5, 5.41) is 37.0. The van der Waals surface area contributed by atoms with Gasteiger partial charge in [0, 0.05) is 60.6 Å². The molecule has 2 saturated carbocycles. The summed E-state index contributed by atoms with van der Waals surface area (Å²) in [4.78, 5) is 38.3. The molecule has 3 atom stereocenters. The number of anilines is 2. The lowest BCUT2D eigenvalue weighted by atomic mass is 9.59. The number of rotatable bonds is 14. The number of ether oxygens (including phenoxy) is 3. The molecule has 5 N–H and O–H groups in total. The number of carbonyl (C=O) groups is 1. The summed E-state index contributed by atoms with van der Waals surface area (Å²) in [7, 11) is -4.74. The lowest BCUT2D eigenvalue weighted by Gasteiger charge is -2.56. The molecule has 2 aliphatic carbocycles. The van der Waals surface area contributed by atoms with E-state index < -0.39 is 43.1 Å². The fourth-order valence-electron chi connectivity index (χ4n) is 11.8. The molecule has 4 fully saturated rings. The van der Waals surface area contributed by atoms with E-state index in [4.69, 9.17) is 14.2 Å². The molecule has 18 heteroatoms. The van der Waals surface area contributed by atoms with Crippen LogP contribution < -0.4 is 29.1 Å². The van der Waals surface area contributed by atoms with Gasteiger partial charge in [0.25, 0.3) is 27.5 Å². The number of nitro groups is 1. The average Bonchev–Trinajstić information content (AvgIpc) is 4.02. The zero-order valence-corrected chi connectivity index (χ0v) is 41.7. The Labute approximate surface area is 414 Å². The first-order valence-corrected chi connectivity index (χ1v) is 26.6. The number of amides is 1. The predicted octanol–water partition coefficient (Wildman–Crippen LogP) is 8.97. The minimum atomic E-state index is -4.74. The third-order valence-corrected chi connectivity index (χ3v) is 17.1. The van der Waals surface area contributed by atoms with Gasteiger partial charge in [-0.3, -0.25) is 19.8 Å². The minimum Gasteiger partial charge on any atom is -0.489 e. The van der Waals surface area contributed by atoms with Crippen LogP contribution in [-0.2, 0) is 10.0 Å². The van der Waals surface area contributed by atoms with E-state index in [2.05, 4.69) is 67.9 Å². The molecule has 3 aliphatic heterocycles. The number of aliphatic hydroxyl groups excluding tert-OH is 1. The van der Waals surface area contributed by atoms with Gasteiger partial charge in [-0.25, -0.2) is 13.1 Å². The van der Waals surface area contributed by atoms with Crippen molar-refractivity contribution in [3.8, 4) is 23.1 Å². The van der Waals surface area contributed by atoms with Gasteiger partial charge in [0.1, 0.15) is 24.6 Å². The Balaban J connectivity index is 0.891. The molecule has 71 heavy (non-hydrogen) atoms. The second-order valence-corrected chi connectivity index (χ2v) is 23.0. The van der Waals surface area contributed by atoms with E-state index in [1.165, 1.54) is 36.1 Å². The SMILES string of the molecule is CC(C)c1ccccc1[C@H]1CCCN1C1CC2(CCN(c3ccc(C(=O)NS(=O)(=O)c4cc5c(c([N+](=O)[O-])c4)N[C@@H](C4CCC(C)(O)CC4)CO5)c(Oc4cc5cc[nH]c5nc4OC[C@H](C)O)c3)CC2)C1. The van der Waals surface area contributed by atoms with Crippen LogP contribution in [0.5, 0.6) is 23.1 Å². The van der Waals surface area contributed by atoms with Crippen molar-refractivity contribution in [3.63, 3.8) is 0 Å². The molecule has 5 aliphatic rings. The standard InChI is InChI=1S/C53H65N7O10S/c1-32(2)39-8-5-6-9-40(39)43-10-7-21-59(43)37-28-53(29-37)18-22-58(23-19-53)36-11-12-41(45(25-36)70-47-24-35-15-20-54-49(35)56-51(47)69-30-33(3)61)50(62)57-71(66,67)38-26-44(60(64)65)48-46(27-38)68-31-42(55-48)34-13-16-52(4,63)17-14-34/h5-6,8-9,11-12,15,20,24-27,32-34,37,42-43,55,61,63H,7,10,13-14,16-19,21-23,28-31H2,1-4H3,(H,54,56)(H,57,62)/t33-,34?,42+,43+,52?/m0/s1. The van der Waals surface area contributed by atoms with Crippen molar-refractivity contribution in [2.75, 3.05) is 43.1 Å². The topological polar surface area (TPSA) is 222 Å². The molecule has 378 valence electrons. The van der Waals surface area contributed by atoms with Gasteiger partial charge in [-0.15, -0.1) is 0 Å². The molecule has 0 bridgehead atoms. The number of carbonyl (C=O) groups excluding carboxylic acids is 1. The van der Waals surface area contributed by atoms with Crippen molar-refractivity contribution in [2.45, 2.75) is 133 Å². The lowest BCUT2D eigenvalue weighted by molar-refractivity contribution is -0.384. The van der Waals surface area contributed by atoms with E-state index >= 15 is 0 Å². The summed E-state index contributed by atoms with van der Waals surface area (Å²) in [6, 6.07) is 20.3. The van der Waals surface area contributed by atoms with Crippen molar-refractivity contribution in [2.24, 2.45) is 11.3 Å². The molecule has 2 saturated heterocycles. The van der Waals surface area contributed by atoms with Crippen LogP contribution in [-0.4, -0.2) is 101 Å². The Kier molecular flexibility index (Phi) is 13.2. The fourth-order valence-corrected chi connectivity index (χ4v) is 12.8. The summed E-state index contributed by atoms with van der Waals surface area (Å²) >= 11 is 0. The number of hydrogen-bond acceptors (Lipinski definition) is 14. The second-order valence-electron chi connectivity index (χ2n) is 21.3. The van der Waals surface area contributed by atoms with Crippen molar-refractivity contribution in [1.29, 1.82) is 0 Å². The largest absolute Gasteiger partial charge is 0.489 e. The monoisotopic (exact) mass is 991 g/mol. The third kappa shape index (κ3) is 10.00. The second kappa shape index (κ2) is 19.2. The van der Waals surface area contributed by atoms with Gasteiger partial charge in [0.05, 0.1) is 33.1 Å². The molecule has 5 aromatic rings. The molecule has 0 unspecified atom stereocenters. The van der Waals surface area contributed by atoms with Crippen LogP contribution in [0.2, 0.25) is 0 Å². The minimum absolute atomic E-state index is 0.0229. The summed E-state index contributed by atoms with van der Waals surface area (Å²) in [5.41, 5.74) is 3.12. The Morgan fingerprint density at radius 3 is 2.49 bits per heavy atom. The summed E-state index contributed by atoms with van der Waals surface area (Å²) in [6.45, 7) is 10.7. The first-order valence-electron chi connectivity index (χ1n) is 25.2. The summed E-state index contributed by atoms with van der Waals surface area (Å²) in [5.74, 6) is -0.290. The highest BCUT2D eigenvalue weighted by atomic mass is 32.2. The van der Waals surface area contributed by atoms with Gasteiger partial charge < -0.3 is 39.6 Å². The molecule has 5 heterocycles. The zero-order chi connectivity index (χ0) is 49.8. The number of fused-ring (bicyclic) bond motifs is 2. The van der Waals surface area contributed by atoms with Gasteiger partial charge >= 0.3 is 0 Å². The number of nitrogens with zero attached hydrogens (tertiary/aromatic N) is 4. The quantitative estimate of drug-likeness (QED) is 0.0518. The first kappa shape index (κ1) is 48.7. The lowest BCUT2D eigenvalue weighted by Crippen LogP contribution is -2.54. The Bertz CT molecular complexity index is 2910. The number of aromatic amines is 1. The number of pyridine rings is 1. The number of hydrogen-bond donors (Lipinski definition) is 5. The Hall–Kier alpha value is -5.95. The average molecular weight is 992 g/mol. The van der Waals surface area contributed by atoms with Crippen LogP contribution in [0.1, 0.15) is 125 Å². The molecule has 3 aromatic carbocycles. The van der Waals surface area contributed by atoms with Crippen LogP contribution in [0.25, 0.3) is 11.0 Å². The molecule has 1 amide bonds. The number of aliphatic hydroxyl groups is 2. The highest BCUT2D eigenvalue weighted by Gasteiger charge is 2.50. The van der Waals surface area contributed by atoms with Crippen molar-refractivity contribution >= 4 is 44.0 Å². The number of nitrogens with one attached hydrogen (secondary N) is 3. The predicted molar refractivity (Wildman–Crippen MR) is 269 cm³/mol. The molecule has 2 aromatic heterocycles. The van der Waals surface area contributed by atoms with E-state index in [1.54, 1.807) is 44.3 Å². The number of likely N-dealkylation sites (tertiary alicyclic amines) is 1. The fraction of sp³-hybridized carbons (Fsp3) is 0.509. The van der Waals surface area contributed by atoms with Gasteiger partial charge in [0.2, 0.25) is 0 Å². The molecule has 10 rings (SSSR count). The number of piperidine rings is 1. The van der Waals surface area contributed by atoms with E-state index in [0.717, 1.165) is 57.1 Å². The Morgan fingerprint density at radius 1 is 1.00 bits per heavy atom. The smallest absolute Gasteiger partial charge is 0.297 e. The first-order chi connectivity index (χ1) is 33.9. The number of benzene rings is 3. The zero-order valence-electron chi connectivity index (χ0n) is 40.9. The molecule has 1 spiro atoms. The molecular weight excluding hydrogens is 927 g/mol. The van der Waals surface area contributed by atoms with E-state index in [9.17, 15) is 33.5 Å². The molecule has 0 radical (unpaired) electrons. The van der Waals surface area contributed by atoms with Crippen LogP contribution >= 0.6 is 0 Å². The van der Waals surface area contributed by atoms with Crippen LogP contribution in [0.3, 0.4) is 0 Å². The Morgan fingerprint density at radius 2 is 1.76 bits per heavy atom. The third-order valence-electron chi connectivity index (χ3n) is 15.8. The maximum absolute atomic E-state index is 14.3. The molecular formula is C53H65N7O10S.